The molecule has 0 aliphatic carbocycles. The fourth-order valence-electron chi connectivity index (χ4n) is 4.00. The zero-order chi connectivity index (χ0) is 28.3. The maximum Gasteiger partial charge on any atom is 0.407 e. The number of hydrogen-bond acceptors (Lipinski definition) is 5. The molecule has 37 heavy (non-hydrogen) atoms. The van der Waals surface area contributed by atoms with Gasteiger partial charge in [0.1, 0.15) is 0 Å². The lowest BCUT2D eigenvalue weighted by Crippen LogP contribution is -2.52. The van der Waals surface area contributed by atoms with Crippen molar-refractivity contribution in [1.82, 2.24) is 20.7 Å². The maximum atomic E-state index is 12.8. The summed E-state index contributed by atoms with van der Waals surface area (Å²) in [6.45, 7) is 12.3. The van der Waals surface area contributed by atoms with Gasteiger partial charge in [0.25, 0.3) is 0 Å². The van der Waals surface area contributed by atoms with Gasteiger partial charge >= 0.3 is 12.0 Å². The summed E-state index contributed by atoms with van der Waals surface area (Å²) >= 11 is 0. The van der Waals surface area contributed by atoms with Gasteiger partial charge in [-0.25, -0.2) is 9.80 Å². The summed E-state index contributed by atoms with van der Waals surface area (Å²) in [4.78, 5) is 62.2. The van der Waals surface area contributed by atoms with E-state index in [1.165, 1.54) is 4.90 Å². The van der Waals surface area contributed by atoms with Gasteiger partial charge in [-0.05, 0) is 38.2 Å². The molecule has 4 atom stereocenters. The third kappa shape index (κ3) is 11.0. The van der Waals surface area contributed by atoms with Crippen LogP contribution in [0.4, 0.5) is 4.79 Å². The van der Waals surface area contributed by atoms with Crippen molar-refractivity contribution in [2.45, 2.75) is 79.9 Å². The fourth-order valence-corrected chi connectivity index (χ4v) is 4.00. The van der Waals surface area contributed by atoms with E-state index in [9.17, 15) is 29.1 Å². The SMILES string of the molecule is CC(=O)C(=O)N(CC(C)C)NC(=O)[C@@H](C)C[C@H](C)NC(=O)[C@@H](C)CC(C)N(Cc1ccccc1)C(=O)O. The number of nitrogens with zero attached hydrogens (tertiary/aromatic N) is 2. The van der Waals surface area contributed by atoms with Crippen molar-refractivity contribution in [3.05, 3.63) is 35.9 Å². The number of carboxylic acid groups (broad SMARTS) is 1. The van der Waals surface area contributed by atoms with Crippen molar-refractivity contribution in [3.63, 3.8) is 0 Å². The van der Waals surface area contributed by atoms with Gasteiger partial charge in [0.15, 0.2) is 0 Å². The molecule has 0 radical (unpaired) electrons. The molecule has 1 aromatic carbocycles. The lowest BCUT2D eigenvalue weighted by Gasteiger charge is -2.29. The van der Waals surface area contributed by atoms with Crippen LogP contribution < -0.4 is 10.7 Å². The second kappa shape index (κ2) is 15.0. The summed E-state index contributed by atoms with van der Waals surface area (Å²) in [5, 5.41) is 13.6. The van der Waals surface area contributed by atoms with Gasteiger partial charge in [0.05, 0.1) is 0 Å². The number of hydrogen-bond donors (Lipinski definition) is 3. The second-order valence-electron chi connectivity index (χ2n) is 10.3. The number of rotatable bonds is 13. The minimum atomic E-state index is -1.05. The fraction of sp³-hybridized carbons (Fsp3) is 0.593. The molecule has 0 aromatic heterocycles. The molecule has 1 unspecified atom stereocenters. The van der Waals surface area contributed by atoms with Gasteiger partial charge < -0.3 is 15.3 Å². The highest BCUT2D eigenvalue weighted by Crippen LogP contribution is 2.17. The topological polar surface area (TPSA) is 136 Å². The Morgan fingerprint density at radius 2 is 1.43 bits per heavy atom. The van der Waals surface area contributed by atoms with Crippen LogP contribution in [0.2, 0.25) is 0 Å². The summed E-state index contributed by atoms with van der Waals surface area (Å²) in [6, 6.07) is 8.55. The number of amides is 4. The molecule has 0 bridgehead atoms. The van der Waals surface area contributed by atoms with Crippen molar-refractivity contribution in [1.29, 1.82) is 0 Å². The lowest BCUT2D eigenvalue weighted by molar-refractivity contribution is -0.150. The highest BCUT2D eigenvalue weighted by atomic mass is 16.4. The Labute approximate surface area is 219 Å². The van der Waals surface area contributed by atoms with E-state index in [0.717, 1.165) is 17.5 Å². The van der Waals surface area contributed by atoms with Crippen LogP contribution in [-0.4, -0.2) is 63.2 Å². The molecular weight excluding hydrogens is 476 g/mol. The predicted octanol–water partition coefficient (Wildman–Crippen LogP) is 3.22. The zero-order valence-corrected chi connectivity index (χ0v) is 23.0. The van der Waals surface area contributed by atoms with Crippen LogP contribution in [-0.2, 0) is 25.7 Å². The molecule has 10 nitrogen and oxygen atoms in total. The van der Waals surface area contributed by atoms with Gasteiger partial charge in [0.2, 0.25) is 17.6 Å². The second-order valence-corrected chi connectivity index (χ2v) is 10.3. The van der Waals surface area contributed by atoms with E-state index < -0.39 is 35.5 Å². The van der Waals surface area contributed by atoms with Gasteiger partial charge in [-0.15, -0.1) is 0 Å². The molecular formula is C27H42N4O6. The Morgan fingerprint density at radius 1 is 0.865 bits per heavy atom. The standard InChI is InChI=1S/C27H42N4O6/c1-17(2)15-31(26(35)22(7)32)29-25(34)18(3)13-20(5)28-24(33)19(4)14-21(6)30(27(36)37)16-23-11-9-8-10-12-23/h8-12,17-21H,13-16H2,1-7H3,(H,28,33)(H,29,34)(H,36,37)/t18-,19-,20-,21?/m0/s1. The lowest BCUT2D eigenvalue weighted by atomic mass is 9.98. The first-order chi connectivity index (χ1) is 17.2. The monoisotopic (exact) mass is 518 g/mol. The molecule has 0 aliphatic heterocycles. The van der Waals surface area contributed by atoms with E-state index in [1.54, 1.807) is 27.7 Å². The number of ketones is 1. The van der Waals surface area contributed by atoms with E-state index in [0.29, 0.717) is 12.8 Å². The third-order valence-electron chi connectivity index (χ3n) is 6.00. The highest BCUT2D eigenvalue weighted by Gasteiger charge is 2.27. The minimum absolute atomic E-state index is 0.0470. The van der Waals surface area contributed by atoms with Gasteiger partial charge in [0, 0.05) is 43.9 Å². The van der Waals surface area contributed by atoms with Crippen molar-refractivity contribution < 1.29 is 29.1 Å². The molecule has 3 N–H and O–H groups in total. The molecule has 0 aliphatic rings. The zero-order valence-electron chi connectivity index (χ0n) is 23.0. The van der Waals surface area contributed by atoms with Gasteiger partial charge in [-0.3, -0.25) is 24.6 Å². The smallest absolute Gasteiger partial charge is 0.407 e. The van der Waals surface area contributed by atoms with E-state index in [-0.39, 0.29) is 37.0 Å². The quantitative estimate of drug-likeness (QED) is 0.271. The number of carbonyl (C=O) groups is 5. The van der Waals surface area contributed by atoms with Gasteiger partial charge in [-0.2, -0.15) is 0 Å². The molecule has 0 saturated heterocycles. The largest absolute Gasteiger partial charge is 0.465 e. The number of carbonyl (C=O) groups excluding carboxylic acids is 4. The first-order valence-corrected chi connectivity index (χ1v) is 12.7. The summed E-state index contributed by atoms with van der Waals surface area (Å²) in [7, 11) is 0. The first kappa shape index (κ1) is 31.6. The van der Waals surface area contributed by atoms with E-state index >= 15 is 0 Å². The molecule has 0 heterocycles. The van der Waals surface area contributed by atoms with Crippen LogP contribution in [0.25, 0.3) is 0 Å². The van der Waals surface area contributed by atoms with Crippen LogP contribution >= 0.6 is 0 Å². The summed E-state index contributed by atoms with van der Waals surface area (Å²) in [5.74, 6) is -3.03. The Hall–Kier alpha value is -3.43. The van der Waals surface area contributed by atoms with Crippen molar-refractivity contribution in [2.75, 3.05) is 6.54 Å². The third-order valence-corrected chi connectivity index (χ3v) is 6.00. The molecule has 10 heteroatoms. The van der Waals surface area contributed by atoms with Crippen molar-refractivity contribution in [2.24, 2.45) is 17.8 Å². The summed E-state index contributed by atoms with van der Waals surface area (Å²) in [5.41, 5.74) is 3.40. The normalized spacial score (nSPS) is 14.2. The molecule has 0 saturated carbocycles. The van der Waals surface area contributed by atoms with Crippen molar-refractivity contribution >= 4 is 29.6 Å². The molecule has 4 amide bonds. The number of Topliss-reactive ketones (excluding diaryl/α,β-unsaturated/α-hetero) is 1. The molecule has 1 aromatic rings. The van der Waals surface area contributed by atoms with Crippen LogP contribution in [0.1, 0.15) is 66.9 Å². The van der Waals surface area contributed by atoms with Crippen LogP contribution in [0.5, 0.6) is 0 Å². The molecule has 1 rings (SSSR count). The Morgan fingerprint density at radius 3 is 1.95 bits per heavy atom. The Bertz CT molecular complexity index is 936. The van der Waals surface area contributed by atoms with Crippen LogP contribution in [0, 0.1) is 17.8 Å². The predicted molar refractivity (Wildman–Crippen MR) is 140 cm³/mol. The summed E-state index contributed by atoms with van der Waals surface area (Å²) in [6.07, 6.45) is -0.392. The Balaban J connectivity index is 2.65. The number of benzene rings is 1. The average molecular weight is 519 g/mol. The van der Waals surface area contributed by atoms with Crippen LogP contribution in [0.3, 0.4) is 0 Å². The molecule has 0 fully saturated rings. The number of nitrogens with one attached hydrogen (secondary N) is 2. The summed E-state index contributed by atoms with van der Waals surface area (Å²) < 4.78 is 0. The van der Waals surface area contributed by atoms with Crippen molar-refractivity contribution in [3.8, 4) is 0 Å². The van der Waals surface area contributed by atoms with Gasteiger partial charge in [-0.1, -0.05) is 58.0 Å². The first-order valence-electron chi connectivity index (χ1n) is 12.7. The Kier molecular flexibility index (Phi) is 12.8. The van der Waals surface area contributed by atoms with E-state index in [2.05, 4.69) is 10.7 Å². The maximum absolute atomic E-state index is 12.8. The average Bonchev–Trinajstić information content (AvgIpc) is 2.81. The number of hydrazine groups is 1. The van der Waals surface area contributed by atoms with E-state index in [1.807, 2.05) is 44.2 Å². The van der Waals surface area contributed by atoms with Crippen LogP contribution in [0.15, 0.2) is 30.3 Å². The molecule has 206 valence electrons. The molecule has 0 spiro atoms. The highest BCUT2D eigenvalue weighted by molar-refractivity contribution is 6.35. The minimum Gasteiger partial charge on any atom is -0.465 e. The van der Waals surface area contributed by atoms with E-state index in [4.69, 9.17) is 0 Å².